The summed E-state index contributed by atoms with van der Waals surface area (Å²) in [6.45, 7) is 7.12. The quantitative estimate of drug-likeness (QED) is 0.595. The Labute approximate surface area is 180 Å². The number of aryl methyl sites for hydroxylation is 2. The van der Waals surface area contributed by atoms with E-state index in [4.69, 9.17) is 9.72 Å². The number of nitrogens with zero attached hydrogens (tertiary/aromatic N) is 5. The minimum Gasteiger partial charge on any atom is -0.379 e. The molecule has 1 saturated heterocycles. The second-order valence-corrected chi connectivity index (χ2v) is 8.08. The van der Waals surface area contributed by atoms with Gasteiger partial charge in [-0.15, -0.1) is 12.4 Å². The zero-order valence-electron chi connectivity index (χ0n) is 16.7. The smallest absolute Gasteiger partial charge is 0.278 e. The third kappa shape index (κ3) is 4.95. The lowest BCUT2D eigenvalue weighted by atomic mass is 10.2. The van der Waals surface area contributed by atoms with Gasteiger partial charge in [0.25, 0.3) is 5.91 Å². The summed E-state index contributed by atoms with van der Waals surface area (Å²) in [5, 5.41) is 4.90. The van der Waals surface area contributed by atoms with Crippen molar-refractivity contribution >= 4 is 45.0 Å². The number of benzene rings is 1. The van der Waals surface area contributed by atoms with Crippen molar-refractivity contribution in [1.29, 1.82) is 0 Å². The highest BCUT2D eigenvalue weighted by atomic mass is 35.5. The van der Waals surface area contributed by atoms with Gasteiger partial charge >= 0.3 is 0 Å². The van der Waals surface area contributed by atoms with Crippen LogP contribution in [-0.2, 0) is 11.8 Å². The van der Waals surface area contributed by atoms with Crippen LogP contribution >= 0.6 is 23.7 Å². The van der Waals surface area contributed by atoms with Crippen molar-refractivity contribution < 1.29 is 9.53 Å². The number of carbonyl (C=O) groups is 1. The Hall–Kier alpha value is -2.00. The van der Waals surface area contributed by atoms with Crippen molar-refractivity contribution in [3.05, 3.63) is 41.7 Å². The maximum atomic E-state index is 13.3. The van der Waals surface area contributed by atoms with Gasteiger partial charge in [-0.25, -0.2) is 4.98 Å². The van der Waals surface area contributed by atoms with Gasteiger partial charge in [0.05, 0.1) is 23.4 Å². The molecule has 1 fully saturated rings. The van der Waals surface area contributed by atoms with Crippen molar-refractivity contribution in [3.8, 4) is 0 Å². The maximum absolute atomic E-state index is 13.3. The van der Waals surface area contributed by atoms with Crippen LogP contribution < -0.4 is 4.90 Å². The van der Waals surface area contributed by atoms with Gasteiger partial charge in [0, 0.05) is 39.4 Å². The Morgan fingerprint density at radius 3 is 2.79 bits per heavy atom. The summed E-state index contributed by atoms with van der Waals surface area (Å²) >= 11 is 1.57. The SMILES string of the molecule is Cc1ccc2nc(N(CCCN3CCOCC3)C(=O)c3ccnn3C)sc2c1.Cl. The van der Waals surface area contributed by atoms with Crippen molar-refractivity contribution in [2.75, 3.05) is 44.3 Å². The molecule has 0 radical (unpaired) electrons. The largest absolute Gasteiger partial charge is 0.379 e. The highest BCUT2D eigenvalue weighted by Crippen LogP contribution is 2.30. The number of hydrogen-bond acceptors (Lipinski definition) is 6. The van der Waals surface area contributed by atoms with Crippen LogP contribution in [0.1, 0.15) is 22.5 Å². The van der Waals surface area contributed by atoms with Gasteiger partial charge in [-0.1, -0.05) is 17.4 Å². The summed E-state index contributed by atoms with van der Waals surface area (Å²) in [4.78, 5) is 22.2. The fourth-order valence-electron chi connectivity index (χ4n) is 3.42. The number of thiazole rings is 1. The molecule has 0 atom stereocenters. The number of carbonyl (C=O) groups excluding carboxylic acids is 1. The van der Waals surface area contributed by atoms with E-state index in [1.54, 1.807) is 40.2 Å². The van der Waals surface area contributed by atoms with E-state index in [-0.39, 0.29) is 18.3 Å². The maximum Gasteiger partial charge on any atom is 0.278 e. The molecular weight excluding hydrogens is 410 g/mol. The second kappa shape index (κ2) is 9.67. The molecule has 2 aromatic heterocycles. The van der Waals surface area contributed by atoms with E-state index in [9.17, 15) is 4.79 Å². The van der Waals surface area contributed by atoms with E-state index in [0.717, 1.165) is 54.6 Å². The van der Waals surface area contributed by atoms with E-state index >= 15 is 0 Å². The molecule has 9 heteroatoms. The first-order chi connectivity index (χ1) is 13.6. The molecule has 1 aromatic carbocycles. The Kier molecular flexibility index (Phi) is 7.23. The summed E-state index contributed by atoms with van der Waals surface area (Å²) in [5.41, 5.74) is 2.70. The topological polar surface area (TPSA) is 63.5 Å². The number of aromatic nitrogens is 3. The van der Waals surface area contributed by atoms with Crippen molar-refractivity contribution in [2.45, 2.75) is 13.3 Å². The molecule has 0 spiro atoms. The van der Waals surface area contributed by atoms with Crippen LogP contribution in [0.25, 0.3) is 10.2 Å². The zero-order valence-corrected chi connectivity index (χ0v) is 18.3. The van der Waals surface area contributed by atoms with Crippen molar-refractivity contribution in [3.63, 3.8) is 0 Å². The predicted molar refractivity (Wildman–Crippen MR) is 118 cm³/mol. The Balaban J connectivity index is 0.00000240. The Bertz CT molecular complexity index is 967. The molecule has 4 rings (SSSR count). The van der Waals surface area contributed by atoms with Crippen molar-refractivity contribution in [2.24, 2.45) is 7.05 Å². The van der Waals surface area contributed by atoms with Gasteiger partial charge < -0.3 is 4.74 Å². The summed E-state index contributed by atoms with van der Waals surface area (Å²) < 4.78 is 8.14. The highest BCUT2D eigenvalue weighted by molar-refractivity contribution is 7.22. The van der Waals surface area contributed by atoms with Crippen LogP contribution in [0.4, 0.5) is 5.13 Å². The molecule has 3 aromatic rings. The van der Waals surface area contributed by atoms with Crippen LogP contribution in [0, 0.1) is 6.92 Å². The lowest BCUT2D eigenvalue weighted by Crippen LogP contribution is -2.39. The second-order valence-electron chi connectivity index (χ2n) is 7.07. The first kappa shape index (κ1) is 21.7. The van der Waals surface area contributed by atoms with Crippen LogP contribution in [0.2, 0.25) is 0 Å². The molecule has 0 bridgehead atoms. The number of amides is 1. The molecule has 0 unspecified atom stereocenters. The van der Waals surface area contributed by atoms with Gasteiger partial charge in [0.2, 0.25) is 0 Å². The standard InChI is InChI=1S/C20H25N5O2S.ClH/c1-15-4-5-16-18(14-15)28-20(22-16)25(19(26)17-6-7-21-23(17)2)9-3-8-24-10-12-27-13-11-24;/h4-7,14H,3,8-13H2,1-2H3;1H. The molecule has 7 nitrogen and oxygen atoms in total. The average molecular weight is 436 g/mol. The van der Waals surface area contributed by atoms with E-state index in [1.807, 2.05) is 6.07 Å². The molecule has 29 heavy (non-hydrogen) atoms. The number of fused-ring (bicyclic) bond motifs is 1. The normalized spacial score (nSPS) is 14.7. The molecule has 1 aliphatic heterocycles. The molecule has 0 N–H and O–H groups in total. The summed E-state index contributed by atoms with van der Waals surface area (Å²) in [7, 11) is 1.79. The van der Waals surface area contributed by atoms with Gasteiger partial charge in [0.15, 0.2) is 5.13 Å². The number of morpholine rings is 1. The molecule has 3 heterocycles. The molecule has 1 amide bonds. The average Bonchev–Trinajstić information content (AvgIpc) is 3.31. The summed E-state index contributed by atoms with van der Waals surface area (Å²) in [6, 6.07) is 7.95. The first-order valence-electron chi connectivity index (χ1n) is 9.59. The Morgan fingerprint density at radius 1 is 1.28 bits per heavy atom. The number of anilines is 1. The minimum atomic E-state index is -0.0576. The van der Waals surface area contributed by atoms with Gasteiger partial charge in [-0.2, -0.15) is 5.10 Å². The zero-order chi connectivity index (χ0) is 19.5. The van der Waals surface area contributed by atoms with Gasteiger partial charge in [0.1, 0.15) is 5.69 Å². The molecule has 156 valence electrons. The number of halogens is 1. The molecule has 0 saturated carbocycles. The van der Waals surface area contributed by atoms with Crippen LogP contribution in [0.3, 0.4) is 0 Å². The number of hydrogen-bond donors (Lipinski definition) is 0. The highest BCUT2D eigenvalue weighted by Gasteiger charge is 2.23. The lowest BCUT2D eigenvalue weighted by Gasteiger charge is -2.27. The number of rotatable bonds is 6. The summed E-state index contributed by atoms with van der Waals surface area (Å²) in [6.07, 6.45) is 2.54. The van der Waals surface area contributed by atoms with Gasteiger partial charge in [-0.05, 0) is 37.1 Å². The van der Waals surface area contributed by atoms with Crippen LogP contribution in [0.5, 0.6) is 0 Å². The monoisotopic (exact) mass is 435 g/mol. The molecule has 1 aliphatic rings. The van der Waals surface area contributed by atoms with Crippen LogP contribution in [0.15, 0.2) is 30.5 Å². The van der Waals surface area contributed by atoms with E-state index < -0.39 is 0 Å². The molecule has 0 aliphatic carbocycles. The number of ether oxygens (including phenoxy) is 1. The first-order valence-corrected chi connectivity index (χ1v) is 10.4. The van der Waals surface area contributed by atoms with Crippen LogP contribution in [-0.4, -0.2) is 65.0 Å². The van der Waals surface area contributed by atoms with E-state index in [0.29, 0.717) is 12.2 Å². The van der Waals surface area contributed by atoms with Gasteiger partial charge in [-0.3, -0.25) is 19.3 Å². The third-order valence-electron chi connectivity index (χ3n) is 5.01. The lowest BCUT2D eigenvalue weighted by molar-refractivity contribution is 0.0376. The van der Waals surface area contributed by atoms with E-state index in [2.05, 4.69) is 29.1 Å². The molecular formula is C20H26ClN5O2S. The predicted octanol–water partition coefficient (Wildman–Crippen LogP) is 3.13. The Morgan fingerprint density at radius 2 is 2.07 bits per heavy atom. The van der Waals surface area contributed by atoms with Crippen molar-refractivity contribution in [1.82, 2.24) is 19.7 Å². The fourth-order valence-corrected chi connectivity index (χ4v) is 4.51. The van der Waals surface area contributed by atoms with E-state index in [1.165, 1.54) is 5.56 Å². The third-order valence-corrected chi connectivity index (χ3v) is 6.05. The fraction of sp³-hybridized carbons (Fsp3) is 0.450. The summed E-state index contributed by atoms with van der Waals surface area (Å²) in [5.74, 6) is -0.0576. The minimum absolute atomic E-state index is 0.